The van der Waals surface area contributed by atoms with Crippen LogP contribution in [0.15, 0.2) is 36.5 Å². The smallest absolute Gasteiger partial charge is 0.427 e. The summed E-state index contributed by atoms with van der Waals surface area (Å²) in [6.07, 6.45) is 0.108. The number of halogens is 3. The molecule has 5 aliphatic rings. The molecule has 2 aliphatic carbocycles. The van der Waals surface area contributed by atoms with Gasteiger partial charge in [0.2, 0.25) is 33.3 Å². The molecule has 3 aliphatic heterocycles. The summed E-state index contributed by atoms with van der Waals surface area (Å²) in [6, 6.07) is 2.42. The number of nitrogens with zero attached hydrogens (tertiary/aromatic N) is 2. The van der Waals surface area contributed by atoms with Crippen LogP contribution in [-0.2, 0) is 29.1 Å². The number of sulfonamides is 1. The van der Waals surface area contributed by atoms with E-state index in [0.717, 1.165) is 0 Å². The summed E-state index contributed by atoms with van der Waals surface area (Å²) in [4.78, 5) is 62.0. The highest BCUT2D eigenvalue weighted by Crippen LogP contribution is 2.48. The highest BCUT2D eigenvalue weighted by molar-refractivity contribution is 7.91. The van der Waals surface area contributed by atoms with Gasteiger partial charge in [-0.05, 0) is 89.3 Å². The van der Waals surface area contributed by atoms with E-state index in [1.54, 1.807) is 31.2 Å². The molecule has 19 heteroatoms. The summed E-state index contributed by atoms with van der Waals surface area (Å²) in [5.41, 5.74) is -4.54. The van der Waals surface area contributed by atoms with Gasteiger partial charge in [-0.15, -0.1) is 0 Å². The van der Waals surface area contributed by atoms with Gasteiger partial charge in [0.15, 0.2) is 11.5 Å². The normalized spacial score (nSPS) is 30.1. The highest BCUT2D eigenvalue weighted by atomic mass is 32.2. The van der Waals surface area contributed by atoms with Crippen molar-refractivity contribution in [1.29, 1.82) is 0 Å². The van der Waals surface area contributed by atoms with Crippen LogP contribution in [0.3, 0.4) is 0 Å². The van der Waals surface area contributed by atoms with Crippen LogP contribution in [0.25, 0.3) is 10.8 Å². The lowest BCUT2D eigenvalue weighted by molar-refractivity contribution is -0.244. The number of amides is 4. The quantitative estimate of drug-likeness (QED) is 0.328. The summed E-state index contributed by atoms with van der Waals surface area (Å²) < 4.78 is 91.6. The van der Waals surface area contributed by atoms with Crippen molar-refractivity contribution in [2.24, 2.45) is 17.8 Å². The van der Waals surface area contributed by atoms with Gasteiger partial charge in [0, 0.05) is 29.3 Å². The van der Waals surface area contributed by atoms with Crippen molar-refractivity contribution in [3.63, 3.8) is 0 Å². The van der Waals surface area contributed by atoms with Crippen LogP contribution < -0.4 is 29.6 Å². The topological polar surface area (TPSA) is 192 Å². The molecule has 2 aromatic rings. The molecule has 4 heterocycles. The predicted octanol–water partition coefficient (Wildman–Crippen LogP) is 4.68. The van der Waals surface area contributed by atoms with Gasteiger partial charge < -0.3 is 34.5 Å². The monoisotopic (exact) mass is 849 g/mol. The van der Waals surface area contributed by atoms with Crippen LogP contribution in [0.4, 0.5) is 18.0 Å². The third-order valence-corrected chi connectivity index (χ3v) is 14.4. The molecule has 2 saturated carbocycles. The van der Waals surface area contributed by atoms with Gasteiger partial charge in [-0.25, -0.2) is 18.2 Å². The first-order valence-corrected chi connectivity index (χ1v) is 21.4. The van der Waals surface area contributed by atoms with Crippen molar-refractivity contribution < 1.29 is 59.7 Å². The molecule has 15 nitrogen and oxygen atoms in total. The number of carbonyl (C=O) groups is 4. The molecule has 0 unspecified atom stereocenters. The molecule has 1 aromatic carbocycles. The van der Waals surface area contributed by atoms with Gasteiger partial charge in [-0.1, -0.05) is 26.0 Å². The fourth-order valence-electron chi connectivity index (χ4n) is 8.03. The maximum absolute atomic E-state index is 14.8. The van der Waals surface area contributed by atoms with E-state index in [4.69, 9.17) is 18.9 Å². The Morgan fingerprint density at radius 3 is 2.49 bits per heavy atom. The van der Waals surface area contributed by atoms with Gasteiger partial charge in [0.05, 0.1) is 11.3 Å². The molecule has 0 spiro atoms. The largest absolute Gasteiger partial charge is 0.486 e. The van der Waals surface area contributed by atoms with E-state index in [2.05, 4.69) is 20.3 Å². The lowest BCUT2D eigenvalue weighted by Gasteiger charge is -2.34. The number of rotatable bonds is 7. The second kappa shape index (κ2) is 15.3. The average Bonchev–Trinajstić information content (AvgIpc) is 4.04. The van der Waals surface area contributed by atoms with E-state index in [-0.39, 0.29) is 31.2 Å². The zero-order valence-corrected chi connectivity index (χ0v) is 34.3. The van der Waals surface area contributed by atoms with Gasteiger partial charge >= 0.3 is 12.3 Å². The molecule has 4 amide bonds. The molecule has 7 rings (SSSR count). The van der Waals surface area contributed by atoms with Crippen molar-refractivity contribution in [3.05, 3.63) is 36.5 Å². The number of hydrogen-bond donors (Lipinski definition) is 3. The third kappa shape index (κ3) is 8.35. The van der Waals surface area contributed by atoms with Crippen molar-refractivity contribution in [3.8, 4) is 17.4 Å². The van der Waals surface area contributed by atoms with Crippen molar-refractivity contribution >= 4 is 44.6 Å². The van der Waals surface area contributed by atoms with E-state index in [0.29, 0.717) is 81.4 Å². The zero-order chi connectivity index (χ0) is 42.7. The van der Waals surface area contributed by atoms with Crippen molar-refractivity contribution in [1.82, 2.24) is 25.2 Å². The van der Waals surface area contributed by atoms with E-state index >= 15 is 0 Å². The number of alkyl carbamates (subject to hydrolysis) is 1. The molecule has 1 saturated heterocycles. The number of carbonyl (C=O) groups excluding carboxylic acids is 4. The first-order chi connectivity index (χ1) is 27.6. The number of ether oxygens (including phenoxy) is 4. The fraction of sp³-hybridized carbons (Fsp3) is 0.625. The summed E-state index contributed by atoms with van der Waals surface area (Å²) in [5, 5.41) is 6.39. The molecule has 0 radical (unpaired) electrons. The molecule has 3 N–H and O–H groups in total. The van der Waals surface area contributed by atoms with Crippen LogP contribution in [-0.4, -0.2) is 102 Å². The van der Waals surface area contributed by atoms with Crippen molar-refractivity contribution in [2.45, 2.75) is 120 Å². The van der Waals surface area contributed by atoms with Crippen LogP contribution in [0.1, 0.15) is 79.6 Å². The highest BCUT2D eigenvalue weighted by Gasteiger charge is 2.63. The lowest BCUT2D eigenvalue weighted by atomic mass is 9.88. The summed E-state index contributed by atoms with van der Waals surface area (Å²) in [5.74, 6) is -2.50. The lowest BCUT2D eigenvalue weighted by Crippen LogP contribution is -2.59. The van der Waals surface area contributed by atoms with Gasteiger partial charge in [-0.2, -0.15) is 13.2 Å². The third-order valence-electron chi connectivity index (χ3n) is 12.2. The molecule has 1 aromatic heterocycles. The zero-order valence-electron chi connectivity index (χ0n) is 33.5. The molecule has 3 fully saturated rings. The number of allylic oxidation sites excluding steroid dienone is 1. The maximum Gasteiger partial charge on any atom is 0.427 e. The Kier molecular flexibility index (Phi) is 11.0. The minimum absolute atomic E-state index is 0.0426. The van der Waals surface area contributed by atoms with E-state index < -0.39 is 85.9 Å². The predicted molar refractivity (Wildman–Crippen MR) is 206 cm³/mol. The van der Waals surface area contributed by atoms with Gasteiger partial charge in [-0.3, -0.25) is 19.1 Å². The molecule has 59 heavy (non-hydrogen) atoms. The Balaban J connectivity index is 1.23. The molecule has 322 valence electrons. The Hall–Kier alpha value is -4.81. The number of pyridine rings is 1. The number of alkyl halides is 3. The first-order valence-electron chi connectivity index (χ1n) is 19.9. The van der Waals surface area contributed by atoms with Crippen LogP contribution in [0.5, 0.6) is 17.4 Å². The maximum atomic E-state index is 14.8. The second-order valence-corrected chi connectivity index (χ2v) is 19.5. The van der Waals surface area contributed by atoms with Gasteiger partial charge in [0.1, 0.15) is 36.9 Å². The Labute approximate surface area is 340 Å². The first kappa shape index (κ1) is 42.3. The number of hydrogen-bond acceptors (Lipinski definition) is 11. The Morgan fingerprint density at radius 2 is 1.78 bits per heavy atom. The molecule has 7 atom stereocenters. The van der Waals surface area contributed by atoms with Crippen molar-refractivity contribution in [2.75, 3.05) is 19.8 Å². The summed E-state index contributed by atoms with van der Waals surface area (Å²) in [6.45, 7) is 7.02. The number of aromatic nitrogens is 1. The SMILES string of the molecule is C[C@H]1CC/C=C\[C@@H]2C[C@@]2(C(=O)NS(=O)(=O)C2(C)CC2)NC(=O)[C@@H]2C[C@@H](Oc3nccc4c5c(ccc34)OCCO5)CN2C(=O)[C@@H](NC(=O)OC(C)(C)C(F)(F)F)[C@H](C)C1. The van der Waals surface area contributed by atoms with Crippen LogP contribution in [0.2, 0.25) is 0 Å². The average molecular weight is 850 g/mol. The standard InChI is InChI=1S/C40H50F3N5O10S/c1-22-8-6-7-9-24-20-39(24,35(51)47-59(53,54)38(5)13-14-38)46-32(49)28-19-25(57-33-27-10-11-29-31(56-17-16-55-29)26(27)12-15-44-33)21-48(28)34(50)30(23(2)18-22)45-36(52)58-37(3,4)40(41,42)43/h7,9-12,15,22-25,28,30H,6,8,13-14,16-21H2,1-5H3,(H,45,52)(H,46,49)(H,47,51)/b9-7-/t22-,23+,24+,25+,28-,30-,39+/m0/s1. The Morgan fingerprint density at radius 1 is 1.05 bits per heavy atom. The van der Waals surface area contributed by atoms with E-state index in [9.17, 15) is 40.8 Å². The van der Waals surface area contributed by atoms with E-state index in [1.165, 1.54) is 18.0 Å². The summed E-state index contributed by atoms with van der Waals surface area (Å²) >= 11 is 0. The minimum Gasteiger partial charge on any atom is -0.486 e. The molecular formula is C40H50F3N5O10S. The van der Waals surface area contributed by atoms with E-state index in [1.807, 2.05) is 13.0 Å². The van der Waals surface area contributed by atoms with Crippen LogP contribution in [0, 0.1) is 17.8 Å². The molecule has 0 bridgehead atoms. The fourth-order valence-corrected chi connectivity index (χ4v) is 9.35. The number of benzene rings is 1. The second-order valence-electron chi connectivity index (χ2n) is 17.3. The molecular weight excluding hydrogens is 800 g/mol. The van der Waals surface area contributed by atoms with Gasteiger partial charge in [0.25, 0.3) is 5.91 Å². The minimum atomic E-state index is -4.92. The number of nitrogens with one attached hydrogen (secondary N) is 3. The van der Waals surface area contributed by atoms with Crippen LogP contribution >= 0.6 is 0 Å². The Bertz CT molecular complexity index is 2160. The summed E-state index contributed by atoms with van der Waals surface area (Å²) in [7, 11) is -4.08. The number of fused-ring (bicyclic) bond motifs is 5.